The molecule has 6 heteroatoms. The molecule has 0 aromatic rings. The number of carbonyl (C=O) groups excluding carboxylic acids is 1. The summed E-state index contributed by atoms with van der Waals surface area (Å²) in [5, 5.41) is 6.04. The molecule has 6 nitrogen and oxygen atoms in total. The van der Waals surface area contributed by atoms with Crippen LogP contribution in [0.3, 0.4) is 0 Å². The molecule has 0 aromatic carbocycles. The zero-order valence-electron chi connectivity index (χ0n) is 11.4. The average molecular weight is 259 g/mol. The van der Waals surface area contributed by atoms with Gasteiger partial charge in [-0.05, 0) is 13.5 Å². The highest BCUT2D eigenvalue weighted by Crippen LogP contribution is 1.95. The number of nitrogens with one attached hydrogen (secondary N) is 2. The number of hydrogen-bond acceptors (Lipinski definition) is 5. The summed E-state index contributed by atoms with van der Waals surface area (Å²) in [6.07, 6.45) is 0.675. The van der Waals surface area contributed by atoms with Crippen molar-refractivity contribution in [1.82, 2.24) is 15.5 Å². The Morgan fingerprint density at radius 3 is 3.06 bits per heavy atom. The second kappa shape index (κ2) is 9.27. The highest BCUT2D eigenvalue weighted by molar-refractivity contribution is 5.81. The Morgan fingerprint density at radius 2 is 2.39 bits per heavy atom. The molecule has 0 aliphatic carbocycles. The fourth-order valence-electron chi connectivity index (χ4n) is 1.81. The van der Waals surface area contributed by atoms with Crippen LogP contribution in [-0.2, 0) is 14.3 Å². The summed E-state index contributed by atoms with van der Waals surface area (Å²) in [6, 6.07) is 0. The van der Waals surface area contributed by atoms with E-state index in [1.54, 1.807) is 7.11 Å². The van der Waals surface area contributed by atoms with E-state index in [2.05, 4.69) is 15.5 Å². The number of likely N-dealkylation sites (N-methyl/N-ethyl adjacent to an activating group) is 1. The molecule has 1 rings (SSSR count). The van der Waals surface area contributed by atoms with Crippen LogP contribution in [0.1, 0.15) is 6.42 Å². The fraction of sp³-hybridized carbons (Fsp3) is 0.917. The minimum absolute atomic E-state index is 0.0208. The zero-order chi connectivity index (χ0) is 13.2. The number of methoxy groups -OCH3 is 1. The number of nitrogens with zero attached hydrogens (tertiary/aromatic N) is 1. The van der Waals surface area contributed by atoms with E-state index in [1.165, 1.54) is 0 Å². The molecule has 0 bridgehead atoms. The second-order valence-corrected chi connectivity index (χ2v) is 4.50. The molecule has 1 saturated heterocycles. The summed E-state index contributed by atoms with van der Waals surface area (Å²) in [5.74, 6) is -0.0208. The summed E-state index contributed by atoms with van der Waals surface area (Å²) < 4.78 is 10.4. The van der Waals surface area contributed by atoms with Gasteiger partial charge in [0.05, 0.1) is 6.61 Å². The lowest BCUT2D eigenvalue weighted by molar-refractivity contribution is -0.134. The van der Waals surface area contributed by atoms with Crippen molar-refractivity contribution in [3.63, 3.8) is 0 Å². The first-order valence-electron chi connectivity index (χ1n) is 6.51. The maximum absolute atomic E-state index is 11.7. The van der Waals surface area contributed by atoms with E-state index >= 15 is 0 Å². The lowest BCUT2D eigenvalue weighted by Crippen LogP contribution is -2.48. The van der Waals surface area contributed by atoms with Gasteiger partial charge in [-0.15, -0.1) is 0 Å². The van der Waals surface area contributed by atoms with Crippen molar-refractivity contribution in [3.8, 4) is 0 Å². The van der Waals surface area contributed by atoms with Crippen LogP contribution in [0.15, 0.2) is 0 Å². The van der Waals surface area contributed by atoms with Gasteiger partial charge in [0.1, 0.15) is 6.10 Å². The van der Waals surface area contributed by atoms with Crippen LogP contribution in [0.4, 0.5) is 0 Å². The predicted octanol–water partition coefficient (Wildman–Crippen LogP) is -0.941. The molecule has 1 aliphatic heterocycles. The van der Waals surface area contributed by atoms with Gasteiger partial charge in [-0.25, -0.2) is 0 Å². The Kier molecular flexibility index (Phi) is 7.91. The summed E-state index contributed by atoms with van der Waals surface area (Å²) in [5.41, 5.74) is 0. The van der Waals surface area contributed by atoms with Crippen molar-refractivity contribution < 1.29 is 14.3 Å². The van der Waals surface area contributed by atoms with E-state index in [9.17, 15) is 4.79 Å². The molecule has 1 amide bonds. The van der Waals surface area contributed by atoms with Gasteiger partial charge in [0.15, 0.2) is 0 Å². The van der Waals surface area contributed by atoms with Gasteiger partial charge in [0, 0.05) is 46.4 Å². The summed E-state index contributed by atoms with van der Waals surface area (Å²) in [6.45, 7) is 5.29. The van der Waals surface area contributed by atoms with E-state index in [4.69, 9.17) is 9.47 Å². The number of morpholine rings is 1. The smallest absolute Gasteiger partial charge is 0.250 e. The van der Waals surface area contributed by atoms with Gasteiger partial charge in [-0.3, -0.25) is 4.79 Å². The Hall–Kier alpha value is -0.690. The molecule has 1 atom stereocenters. The predicted molar refractivity (Wildman–Crippen MR) is 69.6 cm³/mol. The Labute approximate surface area is 109 Å². The third-order valence-corrected chi connectivity index (χ3v) is 2.90. The Morgan fingerprint density at radius 1 is 1.56 bits per heavy atom. The topological polar surface area (TPSA) is 62.8 Å². The minimum Gasteiger partial charge on any atom is -0.385 e. The molecule has 1 fully saturated rings. The van der Waals surface area contributed by atoms with Crippen LogP contribution in [-0.4, -0.2) is 77.0 Å². The van der Waals surface area contributed by atoms with Crippen molar-refractivity contribution >= 4 is 5.91 Å². The number of rotatable bonds is 8. The first kappa shape index (κ1) is 15.4. The normalized spacial score (nSPS) is 20.1. The lowest BCUT2D eigenvalue weighted by Gasteiger charge is -2.23. The molecule has 0 spiro atoms. The van der Waals surface area contributed by atoms with E-state index in [-0.39, 0.29) is 12.0 Å². The van der Waals surface area contributed by atoms with Gasteiger partial charge < -0.3 is 25.0 Å². The second-order valence-electron chi connectivity index (χ2n) is 4.50. The highest BCUT2D eigenvalue weighted by Gasteiger charge is 2.20. The van der Waals surface area contributed by atoms with E-state index < -0.39 is 0 Å². The third kappa shape index (κ3) is 6.30. The maximum atomic E-state index is 11.7. The minimum atomic E-state index is -0.336. The Bertz CT molecular complexity index is 233. The van der Waals surface area contributed by atoms with Crippen LogP contribution < -0.4 is 10.6 Å². The quantitative estimate of drug-likeness (QED) is 0.551. The standard InChI is InChI=1S/C12H25N3O3/c1-15(6-3-8-17-2)7-4-14-12(16)11-10-13-5-9-18-11/h11,13H,3-10H2,1-2H3,(H,14,16). The van der Waals surface area contributed by atoms with Gasteiger partial charge >= 0.3 is 0 Å². The van der Waals surface area contributed by atoms with E-state index in [0.29, 0.717) is 19.7 Å². The zero-order valence-corrected chi connectivity index (χ0v) is 11.4. The average Bonchev–Trinajstić information content (AvgIpc) is 2.40. The number of hydrogen-bond donors (Lipinski definition) is 2. The van der Waals surface area contributed by atoms with Crippen molar-refractivity contribution in [3.05, 3.63) is 0 Å². The summed E-state index contributed by atoms with van der Waals surface area (Å²) in [4.78, 5) is 13.9. The fourth-order valence-corrected chi connectivity index (χ4v) is 1.81. The van der Waals surface area contributed by atoms with Crippen LogP contribution >= 0.6 is 0 Å². The van der Waals surface area contributed by atoms with Crippen LogP contribution in [0.2, 0.25) is 0 Å². The third-order valence-electron chi connectivity index (χ3n) is 2.90. The van der Waals surface area contributed by atoms with Crippen LogP contribution in [0.5, 0.6) is 0 Å². The molecular formula is C12H25N3O3. The monoisotopic (exact) mass is 259 g/mol. The molecule has 1 unspecified atom stereocenters. The largest absolute Gasteiger partial charge is 0.385 e. The molecule has 2 N–H and O–H groups in total. The molecular weight excluding hydrogens is 234 g/mol. The Balaban J connectivity index is 2.03. The van der Waals surface area contributed by atoms with Gasteiger partial charge in [-0.1, -0.05) is 0 Å². The van der Waals surface area contributed by atoms with E-state index in [0.717, 1.165) is 32.7 Å². The molecule has 0 aromatic heterocycles. The van der Waals surface area contributed by atoms with Gasteiger partial charge in [0.2, 0.25) is 0 Å². The van der Waals surface area contributed by atoms with E-state index in [1.807, 2.05) is 7.05 Å². The maximum Gasteiger partial charge on any atom is 0.250 e. The lowest BCUT2D eigenvalue weighted by atomic mass is 10.3. The molecule has 1 heterocycles. The first-order chi connectivity index (χ1) is 8.74. The molecule has 0 saturated carbocycles. The molecule has 18 heavy (non-hydrogen) atoms. The molecule has 1 aliphatic rings. The van der Waals surface area contributed by atoms with Crippen molar-refractivity contribution in [1.29, 1.82) is 0 Å². The van der Waals surface area contributed by atoms with Crippen molar-refractivity contribution in [2.75, 3.05) is 60.1 Å². The highest BCUT2D eigenvalue weighted by atomic mass is 16.5. The summed E-state index contributed by atoms with van der Waals surface area (Å²) in [7, 11) is 3.75. The number of amides is 1. The molecule has 0 radical (unpaired) electrons. The van der Waals surface area contributed by atoms with Crippen molar-refractivity contribution in [2.45, 2.75) is 12.5 Å². The van der Waals surface area contributed by atoms with Crippen LogP contribution in [0.25, 0.3) is 0 Å². The van der Waals surface area contributed by atoms with Gasteiger partial charge in [0.25, 0.3) is 5.91 Å². The van der Waals surface area contributed by atoms with Crippen LogP contribution in [0, 0.1) is 0 Å². The summed E-state index contributed by atoms with van der Waals surface area (Å²) >= 11 is 0. The number of ether oxygens (including phenoxy) is 2. The number of carbonyl (C=O) groups is 1. The SMILES string of the molecule is COCCCN(C)CCNC(=O)C1CNCCO1. The first-order valence-corrected chi connectivity index (χ1v) is 6.51. The van der Waals surface area contributed by atoms with Crippen molar-refractivity contribution in [2.24, 2.45) is 0 Å². The van der Waals surface area contributed by atoms with Gasteiger partial charge in [-0.2, -0.15) is 0 Å². The molecule has 106 valence electrons.